The Bertz CT molecular complexity index is 662. The van der Waals surface area contributed by atoms with E-state index >= 15 is 0 Å². The fraction of sp³-hybridized carbons (Fsp3) is 0.632. The second-order valence-electron chi connectivity index (χ2n) is 7.92. The predicted molar refractivity (Wildman–Crippen MR) is 103 cm³/mol. The van der Waals surface area contributed by atoms with Crippen LogP contribution in [0.3, 0.4) is 0 Å². The van der Waals surface area contributed by atoms with Crippen molar-refractivity contribution < 1.29 is 17.9 Å². The molecule has 0 radical (unpaired) electrons. The van der Waals surface area contributed by atoms with Gasteiger partial charge < -0.3 is 9.64 Å². The third kappa shape index (κ3) is 6.29. The largest absolute Gasteiger partial charge is 0.444 e. The number of ether oxygens (including phenoxy) is 1. The average molecular weight is 383 g/mol. The van der Waals surface area contributed by atoms with Gasteiger partial charge in [0.15, 0.2) is 0 Å². The maximum Gasteiger partial charge on any atom is 0.410 e. The minimum absolute atomic E-state index is 0.176. The monoisotopic (exact) mass is 382 g/mol. The molecular weight excluding hydrogens is 352 g/mol. The first-order chi connectivity index (χ1) is 12.2. The zero-order valence-electron chi connectivity index (χ0n) is 16.1. The number of piperazine rings is 1. The van der Waals surface area contributed by atoms with Gasteiger partial charge in [-0.15, -0.1) is 0 Å². The van der Waals surface area contributed by atoms with Gasteiger partial charge in [0.1, 0.15) is 16.3 Å². The van der Waals surface area contributed by atoms with Gasteiger partial charge in [0.25, 0.3) is 0 Å². The van der Waals surface area contributed by atoms with Crippen LogP contribution in [-0.4, -0.2) is 60.8 Å². The first kappa shape index (κ1) is 20.7. The van der Waals surface area contributed by atoms with Crippen molar-refractivity contribution in [2.45, 2.75) is 57.6 Å². The topological polar surface area (TPSA) is 66.9 Å². The zero-order valence-corrected chi connectivity index (χ0v) is 16.9. The molecule has 1 aliphatic rings. The van der Waals surface area contributed by atoms with Crippen LogP contribution in [0.1, 0.15) is 39.7 Å². The molecule has 146 valence electrons. The fourth-order valence-electron chi connectivity index (χ4n) is 3.15. The number of amides is 1. The molecule has 1 amide bonds. The number of carbonyl (C=O) groups excluding carboxylic acids is 1. The van der Waals surface area contributed by atoms with E-state index in [1.807, 2.05) is 39.0 Å². The molecule has 6 nitrogen and oxygen atoms in total. The van der Waals surface area contributed by atoms with Crippen LogP contribution in [0.5, 0.6) is 0 Å². The smallest absolute Gasteiger partial charge is 0.410 e. The van der Waals surface area contributed by atoms with Crippen molar-refractivity contribution in [2.24, 2.45) is 0 Å². The fourth-order valence-corrected chi connectivity index (χ4v) is 3.56. The number of benzene rings is 1. The van der Waals surface area contributed by atoms with Crippen LogP contribution in [0, 0.1) is 0 Å². The van der Waals surface area contributed by atoms with E-state index < -0.39 is 21.6 Å². The number of carbonyl (C=O) groups is 1. The van der Waals surface area contributed by atoms with Crippen LogP contribution in [0.2, 0.25) is 0 Å². The Morgan fingerprint density at radius 2 is 1.88 bits per heavy atom. The van der Waals surface area contributed by atoms with Crippen LogP contribution in [-0.2, 0) is 22.0 Å². The average Bonchev–Trinajstić information content (AvgIpc) is 2.54. The summed E-state index contributed by atoms with van der Waals surface area (Å²) in [5.41, 5.74) is 0.637. The van der Waals surface area contributed by atoms with Crippen LogP contribution >= 0.6 is 0 Å². The second kappa shape index (κ2) is 8.86. The molecule has 1 aromatic rings. The van der Waals surface area contributed by atoms with Crippen LogP contribution in [0.4, 0.5) is 4.79 Å². The highest BCUT2D eigenvalue weighted by molar-refractivity contribution is 7.73. The summed E-state index contributed by atoms with van der Waals surface area (Å²) in [6, 6.07) is 9.98. The molecule has 2 atom stereocenters. The van der Waals surface area contributed by atoms with Gasteiger partial charge >= 0.3 is 6.09 Å². The van der Waals surface area contributed by atoms with Gasteiger partial charge in [-0.3, -0.25) is 4.90 Å². The Morgan fingerprint density at radius 1 is 1.23 bits per heavy atom. The van der Waals surface area contributed by atoms with Gasteiger partial charge in [0.05, 0.1) is 5.25 Å². The third-order valence-electron chi connectivity index (χ3n) is 4.42. The summed E-state index contributed by atoms with van der Waals surface area (Å²) in [4.78, 5) is 16.5. The molecule has 1 heterocycles. The molecule has 26 heavy (non-hydrogen) atoms. The Labute approximate surface area is 158 Å². The maximum absolute atomic E-state index is 12.6. The first-order valence-corrected chi connectivity index (χ1v) is 10.3. The summed E-state index contributed by atoms with van der Waals surface area (Å²) in [7, 11) is -2.51. The quantitative estimate of drug-likeness (QED) is 0.793. The summed E-state index contributed by atoms with van der Waals surface area (Å²) >= 11 is 0. The molecule has 1 aliphatic heterocycles. The van der Waals surface area contributed by atoms with Gasteiger partial charge in [0, 0.05) is 32.2 Å². The van der Waals surface area contributed by atoms with E-state index in [1.54, 1.807) is 11.8 Å². The summed E-state index contributed by atoms with van der Waals surface area (Å²) in [5, 5.41) is -0.475. The van der Waals surface area contributed by atoms with E-state index in [2.05, 4.69) is 17.0 Å². The molecule has 1 saturated heterocycles. The molecule has 0 aromatic heterocycles. The summed E-state index contributed by atoms with van der Waals surface area (Å²) in [5.74, 6) is 0. The number of hydrogen-bond acceptors (Lipinski definition) is 5. The Balaban J connectivity index is 2.09. The van der Waals surface area contributed by atoms with E-state index in [0.717, 1.165) is 13.1 Å². The van der Waals surface area contributed by atoms with Gasteiger partial charge in [0.2, 0.25) is 0 Å². The van der Waals surface area contributed by atoms with Crippen LogP contribution in [0.15, 0.2) is 30.3 Å². The minimum atomic E-state index is -2.51. The minimum Gasteiger partial charge on any atom is -0.444 e. The van der Waals surface area contributed by atoms with Crippen LogP contribution in [0.25, 0.3) is 0 Å². The summed E-state index contributed by atoms with van der Waals surface area (Å²) in [6.07, 6.45) is 0.0543. The van der Waals surface area contributed by atoms with Gasteiger partial charge in [-0.05, 0) is 39.7 Å². The third-order valence-corrected chi connectivity index (χ3v) is 5.35. The van der Waals surface area contributed by atoms with E-state index in [9.17, 15) is 13.2 Å². The number of hydrogen-bond donors (Lipinski definition) is 1. The van der Waals surface area contributed by atoms with Gasteiger partial charge in [-0.25, -0.2) is 13.2 Å². The number of thiol groups is 1. The van der Waals surface area contributed by atoms with Crippen molar-refractivity contribution in [3.05, 3.63) is 35.9 Å². The first-order valence-electron chi connectivity index (χ1n) is 9.05. The maximum atomic E-state index is 12.6. The highest BCUT2D eigenvalue weighted by atomic mass is 32.2. The highest BCUT2D eigenvalue weighted by Crippen LogP contribution is 2.21. The normalized spacial score (nSPS) is 20.2. The van der Waals surface area contributed by atoms with Crippen molar-refractivity contribution in [3.63, 3.8) is 0 Å². The lowest BCUT2D eigenvalue weighted by atomic mass is 10.1. The van der Waals surface area contributed by atoms with E-state index in [4.69, 9.17) is 4.74 Å². The zero-order chi connectivity index (χ0) is 19.3. The van der Waals surface area contributed by atoms with E-state index in [-0.39, 0.29) is 12.1 Å². The number of rotatable bonds is 5. The lowest BCUT2D eigenvalue weighted by Gasteiger charge is -2.42. The lowest BCUT2D eigenvalue weighted by Crippen LogP contribution is -2.56. The van der Waals surface area contributed by atoms with Crippen molar-refractivity contribution in [1.29, 1.82) is 0 Å². The molecule has 1 aromatic carbocycles. The van der Waals surface area contributed by atoms with Crippen molar-refractivity contribution >= 4 is 16.8 Å². The lowest BCUT2D eigenvalue weighted by molar-refractivity contribution is -0.00370. The highest BCUT2D eigenvalue weighted by Gasteiger charge is 2.34. The van der Waals surface area contributed by atoms with Gasteiger partial charge in [-0.1, -0.05) is 30.3 Å². The molecule has 7 heteroatoms. The molecule has 0 aliphatic carbocycles. The van der Waals surface area contributed by atoms with Crippen LogP contribution < -0.4 is 0 Å². The molecule has 0 spiro atoms. The molecule has 1 fully saturated rings. The molecule has 0 bridgehead atoms. The van der Waals surface area contributed by atoms with Crippen molar-refractivity contribution in [1.82, 2.24) is 9.80 Å². The SMILES string of the molecule is CC(C[C@H]1CN(Cc2ccccc2)CCN1C(=O)OC(C)(C)C)[SH](=O)=O. The molecule has 1 unspecified atom stereocenters. The molecule has 2 rings (SSSR count). The number of nitrogens with zero attached hydrogens (tertiary/aromatic N) is 2. The molecule has 0 N–H and O–H groups in total. The second-order valence-corrected chi connectivity index (χ2v) is 9.37. The van der Waals surface area contributed by atoms with E-state index in [0.29, 0.717) is 19.5 Å². The molecule has 0 saturated carbocycles. The standard InChI is InChI=1S/C19H30N2O4S/c1-15(26(23)24)12-17-14-20(13-16-8-6-5-7-9-16)10-11-21(17)18(22)25-19(2,3)4/h5-9,15,17,26H,10-14H2,1-4H3/t15?,17-/m0/s1. The Kier molecular flexibility index (Phi) is 7.06. The van der Waals surface area contributed by atoms with Crippen molar-refractivity contribution in [2.75, 3.05) is 19.6 Å². The van der Waals surface area contributed by atoms with Gasteiger partial charge in [-0.2, -0.15) is 0 Å². The Hall–Kier alpha value is -1.60. The van der Waals surface area contributed by atoms with Crippen molar-refractivity contribution in [3.8, 4) is 0 Å². The summed E-state index contributed by atoms with van der Waals surface area (Å²) < 4.78 is 28.2. The van der Waals surface area contributed by atoms with E-state index in [1.165, 1.54) is 5.56 Å². The predicted octanol–water partition coefficient (Wildman–Crippen LogP) is 2.50. The Morgan fingerprint density at radius 3 is 2.46 bits per heavy atom. The summed E-state index contributed by atoms with van der Waals surface area (Å²) in [6.45, 7) is 9.90. The molecular formula is C19H30N2O4S.